The molecule has 0 aliphatic rings. The molecule has 84 valence electrons. The highest BCUT2D eigenvalue weighted by Gasteiger charge is 2.31. The average Bonchev–Trinajstić information content (AvgIpc) is 2.70. The van der Waals surface area contributed by atoms with Gasteiger partial charge in [-0.1, -0.05) is 0 Å². The van der Waals surface area contributed by atoms with Crippen LogP contribution < -0.4 is 11.1 Å². The van der Waals surface area contributed by atoms with Crippen molar-refractivity contribution < 1.29 is 4.79 Å². The maximum Gasteiger partial charge on any atom is 0.237 e. The molecular weight excluding hydrogens is 192 g/mol. The van der Waals surface area contributed by atoms with Gasteiger partial charge in [-0.15, -0.1) is 0 Å². The molecule has 1 amide bonds. The first-order valence-electron chi connectivity index (χ1n) is 4.97. The van der Waals surface area contributed by atoms with Crippen molar-refractivity contribution in [2.45, 2.75) is 31.8 Å². The Bertz CT molecular complexity index is 322. The third-order valence-electron chi connectivity index (χ3n) is 2.78. The molecular formula is C10H18N4O. The van der Waals surface area contributed by atoms with Crippen LogP contribution in [0.15, 0.2) is 18.5 Å². The van der Waals surface area contributed by atoms with Crippen LogP contribution in [0.3, 0.4) is 0 Å². The van der Waals surface area contributed by atoms with Crippen molar-refractivity contribution in [3.05, 3.63) is 18.5 Å². The number of amides is 1. The van der Waals surface area contributed by atoms with Gasteiger partial charge in [0, 0.05) is 12.4 Å². The number of primary amides is 1. The standard InChI is InChI=1S/C10H18N4O/c1-8(14-6-4-5-13-14)7-10(2,12-3)9(11)15/h4-6,8,12H,7H2,1-3H3,(H2,11,15). The van der Waals surface area contributed by atoms with Crippen LogP contribution in [0.2, 0.25) is 0 Å². The number of hydrogen-bond donors (Lipinski definition) is 2. The van der Waals surface area contributed by atoms with Crippen molar-refractivity contribution in [1.29, 1.82) is 0 Å². The number of carbonyl (C=O) groups is 1. The van der Waals surface area contributed by atoms with Crippen LogP contribution in [0.1, 0.15) is 26.3 Å². The van der Waals surface area contributed by atoms with Crippen LogP contribution in [0.25, 0.3) is 0 Å². The minimum Gasteiger partial charge on any atom is -0.368 e. The van der Waals surface area contributed by atoms with Crippen LogP contribution in [-0.2, 0) is 4.79 Å². The number of carbonyl (C=O) groups excluding carboxylic acids is 1. The normalized spacial score (nSPS) is 17.0. The van der Waals surface area contributed by atoms with E-state index in [1.165, 1.54) is 0 Å². The predicted octanol–water partition coefficient (Wildman–Crippen LogP) is 0.298. The summed E-state index contributed by atoms with van der Waals surface area (Å²) in [6, 6.07) is 1.99. The zero-order valence-corrected chi connectivity index (χ0v) is 9.40. The number of aromatic nitrogens is 2. The molecule has 1 aromatic rings. The molecule has 1 rings (SSSR count). The lowest BCUT2D eigenvalue weighted by atomic mass is 9.93. The fourth-order valence-corrected chi connectivity index (χ4v) is 1.55. The van der Waals surface area contributed by atoms with E-state index >= 15 is 0 Å². The first-order chi connectivity index (χ1) is 6.99. The molecule has 3 N–H and O–H groups in total. The second-order valence-electron chi connectivity index (χ2n) is 3.99. The Labute approximate surface area is 89.6 Å². The van der Waals surface area contributed by atoms with Gasteiger partial charge in [0.25, 0.3) is 0 Å². The molecule has 1 heterocycles. The van der Waals surface area contributed by atoms with Crippen molar-refractivity contribution in [2.24, 2.45) is 5.73 Å². The SMILES string of the molecule is CNC(C)(CC(C)n1cccn1)C(N)=O. The van der Waals surface area contributed by atoms with E-state index in [9.17, 15) is 4.79 Å². The molecule has 0 aromatic carbocycles. The summed E-state index contributed by atoms with van der Waals surface area (Å²) in [5.41, 5.74) is 4.66. The second kappa shape index (κ2) is 4.44. The van der Waals surface area contributed by atoms with Crippen LogP contribution in [0.5, 0.6) is 0 Å². The number of nitrogens with two attached hydrogens (primary N) is 1. The number of hydrogen-bond acceptors (Lipinski definition) is 3. The highest BCUT2D eigenvalue weighted by molar-refractivity contribution is 5.84. The summed E-state index contributed by atoms with van der Waals surface area (Å²) in [5.74, 6) is -0.344. The molecule has 0 bridgehead atoms. The summed E-state index contributed by atoms with van der Waals surface area (Å²) in [7, 11) is 1.74. The molecule has 0 spiro atoms. The van der Waals surface area contributed by atoms with Crippen LogP contribution in [0, 0.1) is 0 Å². The molecule has 0 aliphatic carbocycles. The minimum atomic E-state index is -0.689. The molecule has 1 aromatic heterocycles. The van der Waals surface area contributed by atoms with Gasteiger partial charge in [0.15, 0.2) is 0 Å². The highest BCUT2D eigenvalue weighted by atomic mass is 16.1. The highest BCUT2D eigenvalue weighted by Crippen LogP contribution is 2.19. The van der Waals surface area contributed by atoms with Gasteiger partial charge >= 0.3 is 0 Å². The molecule has 0 saturated heterocycles. The van der Waals surface area contributed by atoms with E-state index in [1.54, 1.807) is 20.2 Å². The maximum absolute atomic E-state index is 11.3. The van der Waals surface area contributed by atoms with E-state index in [4.69, 9.17) is 5.73 Å². The predicted molar refractivity (Wildman–Crippen MR) is 58.2 cm³/mol. The first-order valence-corrected chi connectivity index (χ1v) is 4.97. The second-order valence-corrected chi connectivity index (χ2v) is 3.99. The first kappa shape index (κ1) is 11.7. The minimum absolute atomic E-state index is 0.130. The molecule has 0 radical (unpaired) electrons. The summed E-state index contributed by atoms with van der Waals surface area (Å²) in [6.07, 6.45) is 4.21. The van der Waals surface area contributed by atoms with Gasteiger partial charge in [0.1, 0.15) is 0 Å². The van der Waals surface area contributed by atoms with Crippen molar-refractivity contribution in [3.63, 3.8) is 0 Å². The largest absolute Gasteiger partial charge is 0.368 e. The third-order valence-corrected chi connectivity index (χ3v) is 2.78. The molecule has 2 atom stereocenters. The van der Waals surface area contributed by atoms with E-state index < -0.39 is 5.54 Å². The van der Waals surface area contributed by atoms with Crippen molar-refractivity contribution in [1.82, 2.24) is 15.1 Å². The average molecular weight is 210 g/mol. The fourth-order valence-electron chi connectivity index (χ4n) is 1.55. The zero-order valence-electron chi connectivity index (χ0n) is 9.40. The van der Waals surface area contributed by atoms with E-state index in [-0.39, 0.29) is 11.9 Å². The maximum atomic E-state index is 11.3. The number of nitrogens with one attached hydrogen (secondary N) is 1. The summed E-state index contributed by atoms with van der Waals surface area (Å²) in [4.78, 5) is 11.3. The monoisotopic (exact) mass is 210 g/mol. The Morgan fingerprint density at radius 2 is 2.40 bits per heavy atom. The van der Waals surface area contributed by atoms with E-state index in [0.29, 0.717) is 6.42 Å². The molecule has 5 heteroatoms. The number of likely N-dealkylation sites (N-methyl/N-ethyl adjacent to an activating group) is 1. The molecule has 0 saturated carbocycles. The zero-order chi connectivity index (χ0) is 11.5. The lowest BCUT2D eigenvalue weighted by Gasteiger charge is -2.28. The molecule has 0 aliphatic heterocycles. The molecule has 5 nitrogen and oxygen atoms in total. The van der Waals surface area contributed by atoms with Crippen molar-refractivity contribution >= 4 is 5.91 Å². The van der Waals surface area contributed by atoms with Crippen LogP contribution in [0.4, 0.5) is 0 Å². The van der Waals surface area contributed by atoms with Crippen molar-refractivity contribution in [2.75, 3.05) is 7.05 Å². The summed E-state index contributed by atoms with van der Waals surface area (Å²) in [6.45, 7) is 3.81. The topological polar surface area (TPSA) is 72.9 Å². The lowest BCUT2D eigenvalue weighted by molar-refractivity contribution is -0.124. The van der Waals surface area contributed by atoms with E-state index in [1.807, 2.05) is 23.9 Å². The Morgan fingerprint density at radius 1 is 1.73 bits per heavy atom. The summed E-state index contributed by atoms with van der Waals surface area (Å²) < 4.78 is 1.82. The van der Waals surface area contributed by atoms with Gasteiger partial charge in [0.2, 0.25) is 5.91 Å². The molecule has 2 unspecified atom stereocenters. The van der Waals surface area contributed by atoms with Crippen LogP contribution >= 0.6 is 0 Å². The third kappa shape index (κ3) is 2.56. The Morgan fingerprint density at radius 3 is 2.80 bits per heavy atom. The van der Waals surface area contributed by atoms with E-state index in [2.05, 4.69) is 10.4 Å². The van der Waals surface area contributed by atoms with Gasteiger partial charge in [0.05, 0.1) is 11.6 Å². The van der Waals surface area contributed by atoms with Crippen molar-refractivity contribution in [3.8, 4) is 0 Å². The summed E-state index contributed by atoms with van der Waals surface area (Å²) in [5, 5.41) is 7.09. The van der Waals surface area contributed by atoms with Gasteiger partial charge < -0.3 is 11.1 Å². The van der Waals surface area contributed by atoms with Crippen LogP contribution in [-0.4, -0.2) is 28.3 Å². The summed E-state index contributed by atoms with van der Waals surface area (Å²) >= 11 is 0. The van der Waals surface area contributed by atoms with Gasteiger partial charge in [-0.3, -0.25) is 9.48 Å². The smallest absolute Gasteiger partial charge is 0.237 e. The van der Waals surface area contributed by atoms with Gasteiger partial charge in [-0.05, 0) is 33.4 Å². The number of nitrogens with zero attached hydrogens (tertiary/aromatic N) is 2. The lowest BCUT2D eigenvalue weighted by Crippen LogP contribution is -2.52. The quantitative estimate of drug-likeness (QED) is 0.734. The molecule has 0 fully saturated rings. The Kier molecular flexibility index (Phi) is 3.47. The fraction of sp³-hybridized carbons (Fsp3) is 0.600. The number of rotatable bonds is 5. The Balaban J connectivity index is 2.72. The van der Waals surface area contributed by atoms with Gasteiger partial charge in [-0.25, -0.2) is 0 Å². The van der Waals surface area contributed by atoms with E-state index in [0.717, 1.165) is 0 Å². The molecule has 15 heavy (non-hydrogen) atoms. The Hall–Kier alpha value is -1.36. The van der Waals surface area contributed by atoms with Gasteiger partial charge in [-0.2, -0.15) is 5.10 Å².